The molecule has 1 amide bonds. The second-order valence-electron chi connectivity index (χ2n) is 6.76. The predicted molar refractivity (Wildman–Crippen MR) is 90.8 cm³/mol. The highest BCUT2D eigenvalue weighted by Crippen LogP contribution is 2.27. The molecule has 1 fully saturated rings. The van der Waals surface area contributed by atoms with E-state index in [0.717, 1.165) is 42.3 Å². The first-order chi connectivity index (χ1) is 10.3. The number of anilines is 1. The van der Waals surface area contributed by atoms with Crippen molar-refractivity contribution in [2.75, 3.05) is 31.1 Å². The largest absolute Gasteiger partial charge is 0.444 e. The van der Waals surface area contributed by atoms with Gasteiger partial charge in [-0.2, -0.15) is 0 Å². The van der Waals surface area contributed by atoms with Gasteiger partial charge in [-0.15, -0.1) is 0 Å². The first-order valence-corrected chi connectivity index (χ1v) is 8.13. The quantitative estimate of drug-likeness (QED) is 0.779. The Hall–Kier alpha value is -1.42. The van der Waals surface area contributed by atoms with Crippen LogP contribution >= 0.6 is 11.6 Å². The number of aryl methyl sites for hydroxylation is 1. The van der Waals surface area contributed by atoms with Crippen molar-refractivity contribution in [1.29, 1.82) is 0 Å². The molecule has 0 aromatic heterocycles. The summed E-state index contributed by atoms with van der Waals surface area (Å²) in [6, 6.07) is 6.10. The number of hydrogen-bond acceptors (Lipinski definition) is 3. The van der Waals surface area contributed by atoms with Gasteiger partial charge in [0.05, 0.1) is 10.7 Å². The monoisotopic (exact) mass is 324 g/mol. The molecule has 0 saturated carbocycles. The van der Waals surface area contributed by atoms with Crippen LogP contribution in [-0.4, -0.2) is 42.8 Å². The molecule has 0 unspecified atom stereocenters. The molecule has 1 aromatic rings. The van der Waals surface area contributed by atoms with Crippen LogP contribution < -0.4 is 4.90 Å². The maximum absolute atomic E-state index is 12.2. The zero-order valence-corrected chi connectivity index (χ0v) is 14.6. The second-order valence-corrected chi connectivity index (χ2v) is 7.17. The van der Waals surface area contributed by atoms with Crippen LogP contribution in [0.2, 0.25) is 5.02 Å². The number of hydrogen-bond donors (Lipinski definition) is 0. The van der Waals surface area contributed by atoms with E-state index in [1.807, 2.05) is 33.8 Å². The molecule has 0 N–H and O–H groups in total. The molecule has 0 radical (unpaired) electrons. The number of rotatable bonds is 1. The van der Waals surface area contributed by atoms with Crippen LogP contribution in [0.4, 0.5) is 10.5 Å². The highest BCUT2D eigenvalue weighted by molar-refractivity contribution is 6.33. The molecule has 1 aromatic carbocycles. The number of benzene rings is 1. The first-order valence-electron chi connectivity index (χ1n) is 7.75. The molecule has 2 rings (SSSR count). The Morgan fingerprint density at radius 2 is 1.91 bits per heavy atom. The molecular formula is C17H25ClN2O2. The lowest BCUT2D eigenvalue weighted by Gasteiger charge is -2.27. The lowest BCUT2D eigenvalue weighted by Crippen LogP contribution is -2.39. The van der Waals surface area contributed by atoms with Gasteiger partial charge in [0, 0.05) is 26.2 Å². The van der Waals surface area contributed by atoms with Crippen molar-refractivity contribution in [2.45, 2.75) is 39.7 Å². The highest BCUT2D eigenvalue weighted by atomic mass is 35.5. The molecule has 5 heteroatoms. The van der Waals surface area contributed by atoms with E-state index >= 15 is 0 Å². The lowest BCUT2D eigenvalue weighted by atomic mass is 10.2. The summed E-state index contributed by atoms with van der Waals surface area (Å²) in [5, 5.41) is 0.769. The minimum absolute atomic E-state index is 0.232. The fourth-order valence-electron chi connectivity index (χ4n) is 2.54. The Kier molecular flexibility index (Phi) is 5.22. The Labute approximate surface area is 138 Å². The van der Waals surface area contributed by atoms with Crippen molar-refractivity contribution < 1.29 is 9.53 Å². The van der Waals surface area contributed by atoms with Gasteiger partial charge in [-0.3, -0.25) is 0 Å². The van der Waals surface area contributed by atoms with Crippen LogP contribution in [0.25, 0.3) is 0 Å². The van der Waals surface area contributed by atoms with Crippen molar-refractivity contribution >= 4 is 23.4 Å². The molecule has 0 atom stereocenters. The van der Waals surface area contributed by atoms with Crippen LogP contribution in [0.15, 0.2) is 18.2 Å². The zero-order chi connectivity index (χ0) is 16.3. The highest BCUT2D eigenvalue weighted by Gasteiger charge is 2.24. The van der Waals surface area contributed by atoms with E-state index in [1.54, 1.807) is 4.90 Å². The van der Waals surface area contributed by atoms with E-state index in [0.29, 0.717) is 6.54 Å². The van der Waals surface area contributed by atoms with E-state index in [-0.39, 0.29) is 6.09 Å². The number of ether oxygens (including phenoxy) is 1. The average Bonchev–Trinajstić information content (AvgIpc) is 2.62. The van der Waals surface area contributed by atoms with Gasteiger partial charge >= 0.3 is 6.09 Å². The molecule has 0 aliphatic carbocycles. The second kappa shape index (κ2) is 6.78. The molecule has 0 spiro atoms. The fourth-order valence-corrected chi connectivity index (χ4v) is 2.89. The van der Waals surface area contributed by atoms with Crippen molar-refractivity contribution in [3.8, 4) is 0 Å². The van der Waals surface area contributed by atoms with Gasteiger partial charge in [0.15, 0.2) is 0 Å². The minimum Gasteiger partial charge on any atom is -0.444 e. The van der Waals surface area contributed by atoms with Gasteiger partial charge in [-0.1, -0.05) is 17.7 Å². The number of amides is 1. The minimum atomic E-state index is -0.455. The standard InChI is InChI=1S/C17H25ClN2O2/c1-13-6-7-15(14(18)12-13)19-8-5-9-20(11-10-19)16(21)22-17(2,3)4/h6-7,12H,5,8-11H2,1-4H3. The van der Waals surface area contributed by atoms with E-state index in [4.69, 9.17) is 16.3 Å². The summed E-state index contributed by atoms with van der Waals surface area (Å²) in [6.45, 7) is 10.7. The van der Waals surface area contributed by atoms with E-state index in [9.17, 15) is 4.79 Å². The zero-order valence-electron chi connectivity index (χ0n) is 13.9. The normalized spacial score (nSPS) is 16.4. The SMILES string of the molecule is Cc1ccc(N2CCCN(C(=O)OC(C)(C)C)CC2)c(Cl)c1. The van der Waals surface area contributed by atoms with Crippen LogP contribution in [-0.2, 0) is 4.74 Å². The van der Waals surface area contributed by atoms with Gasteiger partial charge in [0.2, 0.25) is 0 Å². The molecule has 1 saturated heterocycles. The summed E-state index contributed by atoms with van der Waals surface area (Å²) < 4.78 is 5.46. The average molecular weight is 325 g/mol. The third kappa shape index (κ3) is 4.54. The molecule has 1 aliphatic rings. The molecule has 1 aliphatic heterocycles. The predicted octanol–water partition coefficient (Wildman–Crippen LogP) is 4.10. The third-order valence-corrected chi connectivity index (χ3v) is 3.89. The number of carbonyl (C=O) groups excluding carboxylic acids is 1. The summed E-state index contributed by atoms with van der Waals surface area (Å²) in [5.41, 5.74) is 1.74. The molecule has 122 valence electrons. The molecule has 4 nitrogen and oxygen atoms in total. The summed E-state index contributed by atoms with van der Waals surface area (Å²) in [4.78, 5) is 16.2. The molecule has 0 bridgehead atoms. The van der Waals surface area contributed by atoms with E-state index < -0.39 is 5.60 Å². The van der Waals surface area contributed by atoms with Crippen LogP contribution in [0.5, 0.6) is 0 Å². The van der Waals surface area contributed by atoms with Crippen LogP contribution in [0.1, 0.15) is 32.8 Å². The fraction of sp³-hybridized carbons (Fsp3) is 0.588. The van der Waals surface area contributed by atoms with Gasteiger partial charge in [-0.25, -0.2) is 4.79 Å². The van der Waals surface area contributed by atoms with Crippen LogP contribution in [0, 0.1) is 6.92 Å². The first kappa shape index (κ1) is 16.9. The van der Waals surface area contributed by atoms with E-state index in [2.05, 4.69) is 17.0 Å². The number of nitrogens with zero attached hydrogens (tertiary/aromatic N) is 2. The van der Waals surface area contributed by atoms with Gasteiger partial charge < -0.3 is 14.5 Å². The summed E-state index contributed by atoms with van der Waals surface area (Å²) in [6.07, 6.45) is 0.674. The molecule has 22 heavy (non-hydrogen) atoms. The van der Waals surface area contributed by atoms with Crippen molar-refractivity contribution in [3.63, 3.8) is 0 Å². The van der Waals surface area contributed by atoms with Crippen molar-refractivity contribution in [3.05, 3.63) is 28.8 Å². The Bertz CT molecular complexity index is 540. The van der Waals surface area contributed by atoms with Gasteiger partial charge in [0.1, 0.15) is 5.60 Å². The maximum atomic E-state index is 12.2. The topological polar surface area (TPSA) is 32.8 Å². The van der Waals surface area contributed by atoms with Crippen molar-refractivity contribution in [1.82, 2.24) is 4.90 Å². The maximum Gasteiger partial charge on any atom is 0.410 e. The van der Waals surface area contributed by atoms with Gasteiger partial charge in [0.25, 0.3) is 0 Å². The van der Waals surface area contributed by atoms with Crippen LogP contribution in [0.3, 0.4) is 0 Å². The third-order valence-electron chi connectivity index (χ3n) is 3.59. The van der Waals surface area contributed by atoms with Crippen molar-refractivity contribution in [2.24, 2.45) is 0 Å². The van der Waals surface area contributed by atoms with Gasteiger partial charge in [-0.05, 0) is 51.8 Å². The molecular weight excluding hydrogens is 300 g/mol. The number of carbonyl (C=O) groups is 1. The smallest absolute Gasteiger partial charge is 0.410 e. The summed E-state index contributed by atoms with van der Waals surface area (Å²) in [7, 11) is 0. The number of halogens is 1. The lowest BCUT2D eigenvalue weighted by molar-refractivity contribution is 0.0263. The van der Waals surface area contributed by atoms with E-state index in [1.165, 1.54) is 0 Å². The Morgan fingerprint density at radius 3 is 2.55 bits per heavy atom. The Morgan fingerprint density at radius 1 is 1.18 bits per heavy atom. The summed E-state index contributed by atoms with van der Waals surface area (Å²) in [5.74, 6) is 0. The molecule has 1 heterocycles. The summed E-state index contributed by atoms with van der Waals surface area (Å²) >= 11 is 6.36. The Balaban J connectivity index is 2.02.